The van der Waals surface area contributed by atoms with Crippen molar-refractivity contribution in [2.75, 3.05) is 39.8 Å². The number of rotatable bonds is 5. The highest BCUT2D eigenvalue weighted by Crippen LogP contribution is 2.25. The molecule has 0 atom stereocenters. The lowest BCUT2D eigenvalue weighted by Gasteiger charge is -2.31. The van der Waals surface area contributed by atoms with E-state index in [-0.39, 0.29) is 5.78 Å². The molecule has 33 heavy (non-hydrogen) atoms. The maximum atomic E-state index is 12.7. The van der Waals surface area contributed by atoms with Gasteiger partial charge >= 0.3 is 0 Å². The van der Waals surface area contributed by atoms with Gasteiger partial charge in [0.05, 0.1) is 30.1 Å². The zero-order valence-electron chi connectivity index (χ0n) is 18.5. The van der Waals surface area contributed by atoms with Crippen LogP contribution in [0, 0.1) is 11.3 Å². The third-order valence-electron chi connectivity index (χ3n) is 6.18. The summed E-state index contributed by atoms with van der Waals surface area (Å²) in [6.07, 6.45) is 5.59. The van der Waals surface area contributed by atoms with Gasteiger partial charge in [0, 0.05) is 55.3 Å². The van der Waals surface area contributed by atoms with Gasteiger partial charge < -0.3 is 4.90 Å². The summed E-state index contributed by atoms with van der Waals surface area (Å²) in [6.45, 7) is 4.32. The molecule has 5 rings (SSSR count). The Hall–Kier alpha value is -3.86. The average Bonchev–Trinajstić information content (AvgIpc) is 3.29. The van der Waals surface area contributed by atoms with E-state index in [1.165, 1.54) is 0 Å². The first-order valence-corrected chi connectivity index (χ1v) is 11.0. The summed E-state index contributed by atoms with van der Waals surface area (Å²) in [6, 6.07) is 17.3. The summed E-state index contributed by atoms with van der Waals surface area (Å²) in [5.41, 5.74) is 5.14. The molecule has 0 radical (unpaired) electrons. The Labute approximate surface area is 192 Å². The van der Waals surface area contributed by atoms with Gasteiger partial charge in [-0.25, -0.2) is 9.97 Å². The lowest BCUT2D eigenvalue weighted by atomic mass is 10.0. The smallest absolute Gasteiger partial charge is 0.234 e. The first-order valence-electron chi connectivity index (χ1n) is 11.0. The molecule has 0 unspecified atom stereocenters. The number of benzene rings is 2. The predicted octanol–water partition coefficient (Wildman–Crippen LogP) is 3.37. The van der Waals surface area contributed by atoms with E-state index in [1.807, 2.05) is 47.0 Å². The van der Waals surface area contributed by atoms with Gasteiger partial charge in [0.2, 0.25) is 5.78 Å². The Morgan fingerprint density at radius 3 is 2.27 bits per heavy atom. The molecule has 1 fully saturated rings. The number of nitriles is 1. The lowest BCUT2D eigenvalue weighted by Crippen LogP contribution is -2.46. The van der Waals surface area contributed by atoms with Crippen molar-refractivity contribution in [1.82, 2.24) is 24.2 Å². The Balaban J connectivity index is 1.36. The van der Waals surface area contributed by atoms with E-state index in [0.717, 1.165) is 54.1 Å². The molecule has 1 aliphatic heterocycles. The van der Waals surface area contributed by atoms with E-state index >= 15 is 0 Å². The number of hydrogen-bond donors (Lipinski definition) is 0. The lowest BCUT2D eigenvalue weighted by molar-refractivity contribution is 0.0876. The van der Waals surface area contributed by atoms with E-state index in [1.54, 1.807) is 24.5 Å². The predicted molar refractivity (Wildman–Crippen MR) is 127 cm³/mol. The summed E-state index contributed by atoms with van der Waals surface area (Å²) in [4.78, 5) is 26.1. The molecule has 0 N–H and O–H groups in total. The second kappa shape index (κ2) is 8.94. The summed E-state index contributed by atoms with van der Waals surface area (Å²) >= 11 is 0. The van der Waals surface area contributed by atoms with Gasteiger partial charge in [0.15, 0.2) is 5.78 Å². The van der Waals surface area contributed by atoms with Gasteiger partial charge in [-0.05, 0) is 24.7 Å². The van der Waals surface area contributed by atoms with E-state index in [9.17, 15) is 4.79 Å². The number of ketones is 1. The largest absolute Gasteiger partial charge is 0.304 e. The highest BCUT2D eigenvalue weighted by atomic mass is 16.1. The third-order valence-corrected chi connectivity index (χ3v) is 6.18. The van der Waals surface area contributed by atoms with Crippen LogP contribution < -0.4 is 0 Å². The Kier molecular flexibility index (Phi) is 5.69. The van der Waals surface area contributed by atoms with Gasteiger partial charge in [-0.3, -0.25) is 14.1 Å². The van der Waals surface area contributed by atoms with Crippen LogP contribution >= 0.6 is 0 Å². The van der Waals surface area contributed by atoms with Crippen LogP contribution in [-0.2, 0) is 0 Å². The molecule has 0 spiro atoms. The first kappa shape index (κ1) is 21.0. The second-order valence-corrected chi connectivity index (χ2v) is 8.43. The van der Waals surface area contributed by atoms with E-state index in [2.05, 4.69) is 32.9 Å². The molecular formula is C26H24N6O. The van der Waals surface area contributed by atoms with Crippen LogP contribution in [0.25, 0.3) is 28.2 Å². The topological polar surface area (TPSA) is 77.5 Å². The molecule has 0 amide bonds. The molecule has 7 nitrogen and oxygen atoms in total. The summed E-state index contributed by atoms with van der Waals surface area (Å²) in [7, 11) is 2.11. The van der Waals surface area contributed by atoms with Crippen LogP contribution in [0.2, 0.25) is 0 Å². The number of nitrogens with zero attached hydrogens (tertiary/aromatic N) is 6. The van der Waals surface area contributed by atoms with Crippen LogP contribution in [0.5, 0.6) is 0 Å². The van der Waals surface area contributed by atoms with Gasteiger partial charge in [-0.15, -0.1) is 0 Å². The number of carbonyl (C=O) groups excluding carboxylic acids is 1. The summed E-state index contributed by atoms with van der Waals surface area (Å²) < 4.78 is 1.95. The standard InChI is InChI=1S/C26H24N6O/c1-30-10-12-31(13-11-30)18-25(33)22-8-6-20(7-9-22)23-15-28-26-29-16-24(32(26)17-23)21-4-2-19(14-27)3-5-21/h2-9,15-17H,10-13,18H2,1H3. The average molecular weight is 437 g/mol. The molecule has 0 bridgehead atoms. The Morgan fingerprint density at radius 1 is 0.909 bits per heavy atom. The summed E-state index contributed by atoms with van der Waals surface area (Å²) in [5, 5.41) is 9.04. The van der Waals surface area contributed by atoms with Gasteiger partial charge in [-0.2, -0.15) is 5.26 Å². The van der Waals surface area contributed by atoms with Gasteiger partial charge in [0.25, 0.3) is 0 Å². The molecule has 1 aliphatic rings. The van der Waals surface area contributed by atoms with Crippen LogP contribution in [-0.4, -0.2) is 69.7 Å². The van der Waals surface area contributed by atoms with Crippen molar-refractivity contribution in [3.05, 3.63) is 78.2 Å². The van der Waals surface area contributed by atoms with Crippen molar-refractivity contribution in [2.45, 2.75) is 0 Å². The Bertz CT molecular complexity index is 1330. The zero-order chi connectivity index (χ0) is 22.8. The minimum Gasteiger partial charge on any atom is -0.304 e. The van der Waals surface area contributed by atoms with Crippen molar-refractivity contribution in [1.29, 1.82) is 5.26 Å². The fourth-order valence-corrected chi connectivity index (χ4v) is 4.10. The van der Waals surface area contributed by atoms with Gasteiger partial charge in [-0.1, -0.05) is 36.4 Å². The number of likely N-dealkylation sites (N-methyl/N-ethyl adjacent to an activating group) is 1. The summed E-state index contributed by atoms with van der Waals surface area (Å²) in [5.74, 6) is 0.759. The number of aromatic nitrogens is 3. The van der Waals surface area contributed by atoms with Crippen molar-refractivity contribution < 1.29 is 4.79 Å². The number of Topliss-reactive ketones (excluding diaryl/α,β-unsaturated/α-hetero) is 1. The van der Waals surface area contributed by atoms with E-state index in [0.29, 0.717) is 17.9 Å². The second-order valence-electron chi connectivity index (χ2n) is 8.43. The van der Waals surface area contributed by atoms with Crippen molar-refractivity contribution in [2.24, 2.45) is 0 Å². The number of imidazole rings is 1. The third kappa shape index (κ3) is 4.40. The minimum absolute atomic E-state index is 0.150. The SMILES string of the molecule is CN1CCN(CC(=O)c2ccc(-c3cnc4ncc(-c5ccc(C#N)cc5)n4c3)cc2)CC1. The van der Waals surface area contributed by atoms with Crippen LogP contribution in [0.1, 0.15) is 15.9 Å². The molecule has 164 valence electrons. The first-order chi connectivity index (χ1) is 16.1. The molecule has 1 saturated heterocycles. The molecule has 7 heteroatoms. The van der Waals surface area contributed by atoms with E-state index < -0.39 is 0 Å². The number of hydrogen-bond acceptors (Lipinski definition) is 6. The number of carbonyl (C=O) groups is 1. The van der Waals surface area contributed by atoms with Crippen molar-refractivity contribution in [3.8, 4) is 28.5 Å². The maximum absolute atomic E-state index is 12.7. The van der Waals surface area contributed by atoms with Crippen molar-refractivity contribution >= 4 is 11.6 Å². The van der Waals surface area contributed by atoms with Crippen LogP contribution in [0.15, 0.2) is 67.1 Å². The quantitative estimate of drug-likeness (QED) is 0.447. The molecule has 4 aromatic rings. The van der Waals surface area contributed by atoms with E-state index in [4.69, 9.17) is 5.26 Å². The maximum Gasteiger partial charge on any atom is 0.234 e. The molecule has 0 aliphatic carbocycles. The minimum atomic E-state index is 0.150. The van der Waals surface area contributed by atoms with Crippen LogP contribution in [0.4, 0.5) is 0 Å². The fourth-order valence-electron chi connectivity index (χ4n) is 4.10. The molecule has 2 aromatic carbocycles. The normalized spacial score (nSPS) is 14.9. The number of fused-ring (bicyclic) bond motifs is 1. The van der Waals surface area contributed by atoms with Crippen molar-refractivity contribution in [3.63, 3.8) is 0 Å². The van der Waals surface area contributed by atoms with Crippen LogP contribution in [0.3, 0.4) is 0 Å². The fraction of sp³-hybridized carbons (Fsp3) is 0.231. The Morgan fingerprint density at radius 2 is 1.58 bits per heavy atom. The highest BCUT2D eigenvalue weighted by Gasteiger charge is 2.17. The highest BCUT2D eigenvalue weighted by molar-refractivity contribution is 5.98. The molecule has 3 heterocycles. The van der Waals surface area contributed by atoms with Gasteiger partial charge in [0.1, 0.15) is 0 Å². The molecular weight excluding hydrogens is 412 g/mol. The monoisotopic (exact) mass is 436 g/mol. The molecule has 0 saturated carbocycles. The number of piperazine rings is 1. The molecule has 2 aromatic heterocycles. The zero-order valence-corrected chi connectivity index (χ0v) is 18.5.